The number of aliphatic imine (C=N–C) groups is 1. The van der Waals surface area contributed by atoms with Gasteiger partial charge in [-0.2, -0.15) is 0 Å². The highest BCUT2D eigenvalue weighted by molar-refractivity contribution is 5.85. The van der Waals surface area contributed by atoms with Gasteiger partial charge in [-0.1, -0.05) is 60.7 Å². The summed E-state index contributed by atoms with van der Waals surface area (Å²) in [6.07, 6.45) is 0. The maximum Gasteiger partial charge on any atom is 0.238 e. The Labute approximate surface area is 128 Å². The smallest absolute Gasteiger partial charge is 0.238 e. The predicted molar refractivity (Wildman–Crippen MR) is 82.7 cm³/mol. The largest absolute Gasteiger partial charge is 0.370 e. The van der Waals surface area contributed by atoms with Crippen molar-refractivity contribution in [3.05, 3.63) is 71.8 Å². The molecule has 2 aromatic carbocycles. The normalized spacial score (nSPS) is 27.4. The summed E-state index contributed by atoms with van der Waals surface area (Å²) >= 11 is 0. The van der Waals surface area contributed by atoms with Gasteiger partial charge in [0.25, 0.3) is 0 Å². The first-order valence-corrected chi connectivity index (χ1v) is 6.25. The van der Waals surface area contributed by atoms with Crippen LogP contribution in [0.4, 0.5) is 0 Å². The van der Waals surface area contributed by atoms with Crippen LogP contribution in [0.5, 0.6) is 0 Å². The van der Waals surface area contributed by atoms with Crippen LogP contribution in [0.3, 0.4) is 0 Å². The molecule has 0 saturated carbocycles. The number of halogens is 1. The number of aliphatic hydroxyl groups is 2. The molecule has 2 aromatic rings. The van der Waals surface area contributed by atoms with Crippen molar-refractivity contribution < 1.29 is 10.2 Å². The summed E-state index contributed by atoms with van der Waals surface area (Å²) in [5.41, 5.74) is 2.94. The molecule has 2 unspecified atom stereocenters. The van der Waals surface area contributed by atoms with E-state index in [0.717, 1.165) is 0 Å². The first-order valence-electron chi connectivity index (χ1n) is 6.25. The molecule has 21 heavy (non-hydrogen) atoms. The van der Waals surface area contributed by atoms with Gasteiger partial charge in [0, 0.05) is 11.1 Å². The van der Waals surface area contributed by atoms with Crippen LogP contribution in [-0.2, 0) is 11.4 Å². The van der Waals surface area contributed by atoms with Crippen LogP contribution in [0.15, 0.2) is 65.7 Å². The van der Waals surface area contributed by atoms with Crippen LogP contribution < -0.4 is 11.1 Å². The quantitative estimate of drug-likeness (QED) is 0.667. The highest BCUT2D eigenvalue weighted by Crippen LogP contribution is 2.42. The van der Waals surface area contributed by atoms with E-state index in [-0.39, 0.29) is 18.4 Å². The minimum absolute atomic E-state index is 0. The molecule has 110 valence electrons. The van der Waals surface area contributed by atoms with Crippen LogP contribution in [0.1, 0.15) is 11.1 Å². The van der Waals surface area contributed by atoms with Gasteiger partial charge in [-0.25, -0.2) is 4.99 Å². The van der Waals surface area contributed by atoms with Crippen molar-refractivity contribution in [2.45, 2.75) is 11.4 Å². The molecule has 5 nitrogen and oxygen atoms in total. The molecule has 0 bridgehead atoms. The van der Waals surface area contributed by atoms with E-state index in [1.54, 1.807) is 48.5 Å². The minimum Gasteiger partial charge on any atom is -0.370 e. The second-order valence-electron chi connectivity index (χ2n) is 4.74. The monoisotopic (exact) mass is 305 g/mol. The Balaban J connectivity index is 0.00000161. The van der Waals surface area contributed by atoms with Gasteiger partial charge in [0.1, 0.15) is 0 Å². The van der Waals surface area contributed by atoms with Gasteiger partial charge in [0.05, 0.1) is 0 Å². The lowest BCUT2D eigenvalue weighted by Crippen LogP contribution is -2.54. The van der Waals surface area contributed by atoms with E-state index in [9.17, 15) is 10.2 Å². The zero-order valence-corrected chi connectivity index (χ0v) is 11.9. The van der Waals surface area contributed by atoms with Crippen molar-refractivity contribution in [2.75, 3.05) is 0 Å². The molecule has 0 radical (unpaired) electrons. The number of nitrogens with one attached hydrogen (secondary N) is 1. The van der Waals surface area contributed by atoms with E-state index in [0.29, 0.717) is 11.1 Å². The number of hydrogen-bond acceptors (Lipinski definition) is 5. The maximum absolute atomic E-state index is 10.9. The summed E-state index contributed by atoms with van der Waals surface area (Å²) in [5.74, 6) is -0.0114. The van der Waals surface area contributed by atoms with Crippen LogP contribution in [-0.4, -0.2) is 16.2 Å². The first-order chi connectivity index (χ1) is 9.56. The molecule has 1 aliphatic rings. The Morgan fingerprint density at radius 3 is 1.86 bits per heavy atom. The second kappa shape index (κ2) is 5.37. The summed E-state index contributed by atoms with van der Waals surface area (Å²) in [7, 11) is 0. The minimum atomic E-state index is -1.88. The average molecular weight is 306 g/mol. The average Bonchev–Trinajstić information content (AvgIpc) is 2.72. The molecule has 3 rings (SSSR count). The third kappa shape index (κ3) is 2.25. The number of rotatable bonds is 2. The molecule has 1 aliphatic heterocycles. The van der Waals surface area contributed by atoms with Crippen LogP contribution >= 0.6 is 12.4 Å². The number of nitrogens with zero attached hydrogens (tertiary/aromatic N) is 1. The molecule has 2 atom stereocenters. The van der Waals surface area contributed by atoms with Crippen molar-refractivity contribution >= 4 is 18.4 Å². The van der Waals surface area contributed by atoms with E-state index < -0.39 is 11.4 Å². The fraction of sp³-hybridized carbons (Fsp3) is 0.133. The molecular formula is C15H16ClN3O2. The molecule has 0 amide bonds. The molecule has 5 N–H and O–H groups in total. The number of guanidine groups is 1. The van der Waals surface area contributed by atoms with Crippen LogP contribution in [0.2, 0.25) is 0 Å². The van der Waals surface area contributed by atoms with E-state index in [2.05, 4.69) is 10.3 Å². The van der Waals surface area contributed by atoms with E-state index in [1.807, 2.05) is 12.1 Å². The standard InChI is InChI=1S/C15H15N3O2.ClH/c16-13-17-14(19,11-7-3-1-4-8-11)15(20,18-13)12-9-5-2-6-10-12;/h1-10,19-20H,(H3,16,17,18);1H. The predicted octanol–water partition coefficient (Wildman–Crippen LogP) is 1.02. The lowest BCUT2D eigenvalue weighted by Gasteiger charge is -2.36. The van der Waals surface area contributed by atoms with Crippen molar-refractivity contribution in [2.24, 2.45) is 10.7 Å². The third-order valence-electron chi connectivity index (χ3n) is 3.46. The van der Waals surface area contributed by atoms with E-state index in [1.165, 1.54) is 0 Å². The molecule has 0 spiro atoms. The summed E-state index contributed by atoms with van der Waals surface area (Å²) in [6, 6.07) is 17.5. The van der Waals surface area contributed by atoms with Crippen molar-refractivity contribution in [3.63, 3.8) is 0 Å². The highest BCUT2D eigenvalue weighted by Gasteiger charge is 2.56. The number of benzene rings is 2. The van der Waals surface area contributed by atoms with Gasteiger partial charge in [-0.3, -0.25) is 0 Å². The van der Waals surface area contributed by atoms with Crippen molar-refractivity contribution in [1.82, 2.24) is 5.32 Å². The Morgan fingerprint density at radius 1 is 0.857 bits per heavy atom. The fourth-order valence-electron chi connectivity index (χ4n) is 2.45. The Morgan fingerprint density at radius 2 is 1.33 bits per heavy atom. The fourth-order valence-corrected chi connectivity index (χ4v) is 2.45. The molecule has 1 heterocycles. The second-order valence-corrected chi connectivity index (χ2v) is 4.74. The van der Waals surface area contributed by atoms with E-state index in [4.69, 9.17) is 5.73 Å². The molecular weight excluding hydrogens is 290 g/mol. The van der Waals surface area contributed by atoms with Crippen molar-refractivity contribution in [3.8, 4) is 0 Å². The number of nitrogens with two attached hydrogens (primary N) is 1. The summed E-state index contributed by atoms with van der Waals surface area (Å²) < 4.78 is 0. The van der Waals surface area contributed by atoms with Crippen LogP contribution in [0.25, 0.3) is 0 Å². The number of hydrogen-bond donors (Lipinski definition) is 4. The van der Waals surface area contributed by atoms with E-state index >= 15 is 0 Å². The lowest BCUT2D eigenvalue weighted by molar-refractivity contribution is -0.158. The zero-order valence-electron chi connectivity index (χ0n) is 11.1. The molecule has 0 saturated heterocycles. The topological polar surface area (TPSA) is 90.9 Å². The van der Waals surface area contributed by atoms with Crippen LogP contribution in [0, 0.1) is 0 Å². The summed E-state index contributed by atoms with van der Waals surface area (Å²) in [5, 5.41) is 24.5. The molecule has 0 fully saturated rings. The molecule has 6 heteroatoms. The van der Waals surface area contributed by atoms with Gasteiger partial charge in [0.2, 0.25) is 11.4 Å². The Hall–Kier alpha value is -2.08. The summed E-state index contributed by atoms with van der Waals surface area (Å²) in [6.45, 7) is 0. The van der Waals surface area contributed by atoms with Crippen molar-refractivity contribution in [1.29, 1.82) is 0 Å². The summed E-state index contributed by atoms with van der Waals surface area (Å²) in [4.78, 5) is 4.01. The van der Waals surface area contributed by atoms with Gasteiger partial charge in [0.15, 0.2) is 5.96 Å². The molecule has 0 aliphatic carbocycles. The third-order valence-corrected chi connectivity index (χ3v) is 3.46. The SMILES string of the molecule is Cl.NC1=NC(O)(c2ccccc2)C(O)(c2ccccc2)N1. The lowest BCUT2D eigenvalue weighted by atomic mass is 9.87. The maximum atomic E-state index is 10.9. The Kier molecular flexibility index (Phi) is 3.91. The molecule has 0 aromatic heterocycles. The van der Waals surface area contributed by atoms with Gasteiger partial charge in [-0.15, -0.1) is 12.4 Å². The van der Waals surface area contributed by atoms with Gasteiger partial charge >= 0.3 is 0 Å². The Bertz CT molecular complexity index is 650. The zero-order chi connectivity index (χ0) is 14.2. The highest BCUT2D eigenvalue weighted by atomic mass is 35.5. The van der Waals surface area contributed by atoms with Gasteiger partial charge in [-0.05, 0) is 0 Å². The first kappa shape index (κ1) is 15.3. The van der Waals surface area contributed by atoms with Gasteiger partial charge < -0.3 is 21.3 Å².